The standard InChI is InChI=1S/C16H27N3O2S.HI/c1-6-13-9-7-8-10-14(13)11-18-15(17-4)19-12-16(2,3)22(5,20)21;/h7-10H,6,11-12H2,1-5H3,(H2,17,18,19);1H. The molecule has 0 aliphatic rings. The van der Waals surface area contributed by atoms with E-state index >= 15 is 0 Å². The van der Waals surface area contributed by atoms with Crippen molar-refractivity contribution in [1.82, 2.24) is 10.6 Å². The summed E-state index contributed by atoms with van der Waals surface area (Å²) in [5.74, 6) is 0.600. The lowest BCUT2D eigenvalue weighted by Crippen LogP contribution is -2.47. The smallest absolute Gasteiger partial charge is 0.191 e. The third-order valence-electron chi connectivity index (χ3n) is 3.85. The maximum absolute atomic E-state index is 11.7. The van der Waals surface area contributed by atoms with Crippen LogP contribution in [0, 0.1) is 0 Å². The van der Waals surface area contributed by atoms with Crippen LogP contribution in [0.15, 0.2) is 29.3 Å². The number of nitrogens with zero attached hydrogens (tertiary/aromatic N) is 1. The molecular weight excluding hydrogens is 425 g/mol. The van der Waals surface area contributed by atoms with Crippen molar-refractivity contribution < 1.29 is 8.42 Å². The van der Waals surface area contributed by atoms with Crippen LogP contribution in [0.1, 0.15) is 31.9 Å². The molecule has 2 N–H and O–H groups in total. The number of nitrogens with one attached hydrogen (secondary N) is 2. The van der Waals surface area contributed by atoms with Crippen LogP contribution < -0.4 is 10.6 Å². The van der Waals surface area contributed by atoms with E-state index in [0.717, 1.165) is 6.42 Å². The normalized spacial score (nSPS) is 12.5. The number of halogens is 1. The van der Waals surface area contributed by atoms with Gasteiger partial charge < -0.3 is 10.6 Å². The van der Waals surface area contributed by atoms with Crippen LogP contribution in [0.3, 0.4) is 0 Å². The second-order valence-corrected chi connectivity index (χ2v) is 8.58. The highest BCUT2D eigenvalue weighted by atomic mass is 127. The lowest BCUT2D eigenvalue weighted by molar-refractivity contribution is 0.544. The van der Waals surface area contributed by atoms with E-state index in [0.29, 0.717) is 19.0 Å². The molecule has 132 valence electrons. The fraction of sp³-hybridized carbons (Fsp3) is 0.562. The molecule has 1 rings (SSSR count). The number of sulfone groups is 1. The van der Waals surface area contributed by atoms with Gasteiger partial charge in [0.05, 0.1) is 4.75 Å². The van der Waals surface area contributed by atoms with Crippen molar-refractivity contribution >= 4 is 39.8 Å². The van der Waals surface area contributed by atoms with Gasteiger partial charge in [-0.3, -0.25) is 4.99 Å². The number of benzene rings is 1. The summed E-state index contributed by atoms with van der Waals surface area (Å²) in [5, 5.41) is 6.31. The monoisotopic (exact) mass is 453 g/mol. The number of aliphatic imine (C=N–C) groups is 1. The molecule has 0 atom stereocenters. The third kappa shape index (κ3) is 6.66. The highest BCUT2D eigenvalue weighted by Crippen LogP contribution is 2.13. The first-order valence-corrected chi connectivity index (χ1v) is 9.31. The fourth-order valence-corrected chi connectivity index (χ4v) is 2.24. The molecule has 0 aliphatic carbocycles. The zero-order valence-corrected chi connectivity index (χ0v) is 17.7. The number of guanidine groups is 1. The molecule has 5 nitrogen and oxygen atoms in total. The Hall–Kier alpha value is -0.830. The molecule has 0 radical (unpaired) electrons. The average molecular weight is 453 g/mol. The van der Waals surface area contributed by atoms with E-state index in [4.69, 9.17) is 0 Å². The van der Waals surface area contributed by atoms with Crippen molar-refractivity contribution in [2.45, 2.75) is 38.5 Å². The predicted octanol–water partition coefficient (Wildman–Crippen LogP) is 2.36. The average Bonchev–Trinajstić information content (AvgIpc) is 2.46. The first-order chi connectivity index (χ1) is 10.2. The zero-order valence-electron chi connectivity index (χ0n) is 14.5. The van der Waals surface area contributed by atoms with Gasteiger partial charge in [0.2, 0.25) is 0 Å². The lowest BCUT2D eigenvalue weighted by atomic mass is 10.1. The van der Waals surface area contributed by atoms with Crippen LogP contribution in [-0.4, -0.2) is 39.0 Å². The highest BCUT2D eigenvalue weighted by molar-refractivity contribution is 14.0. The highest BCUT2D eigenvalue weighted by Gasteiger charge is 2.30. The molecule has 0 amide bonds. The molecule has 0 unspecified atom stereocenters. The summed E-state index contributed by atoms with van der Waals surface area (Å²) in [6.45, 7) is 6.49. The molecule has 0 fully saturated rings. The number of hydrogen-bond acceptors (Lipinski definition) is 3. The SMILES string of the molecule is CCc1ccccc1CNC(=NC)NCC(C)(C)S(C)(=O)=O.I. The van der Waals surface area contributed by atoms with Gasteiger partial charge in [-0.1, -0.05) is 31.2 Å². The Morgan fingerprint density at radius 3 is 2.22 bits per heavy atom. The summed E-state index contributed by atoms with van der Waals surface area (Å²) in [7, 11) is -1.45. The van der Waals surface area contributed by atoms with Crippen molar-refractivity contribution in [2.24, 2.45) is 4.99 Å². The Labute approximate surface area is 157 Å². The Bertz CT molecular complexity index is 628. The molecular formula is C16H28IN3O2S. The van der Waals surface area contributed by atoms with Crippen molar-refractivity contribution in [2.75, 3.05) is 19.8 Å². The lowest BCUT2D eigenvalue weighted by Gasteiger charge is -2.24. The summed E-state index contributed by atoms with van der Waals surface area (Å²) >= 11 is 0. The van der Waals surface area contributed by atoms with Crippen LogP contribution in [0.4, 0.5) is 0 Å². The minimum absolute atomic E-state index is 0. The van der Waals surface area contributed by atoms with Gasteiger partial charge in [0.25, 0.3) is 0 Å². The third-order valence-corrected chi connectivity index (χ3v) is 6.01. The maximum atomic E-state index is 11.7. The van der Waals surface area contributed by atoms with Crippen molar-refractivity contribution in [3.8, 4) is 0 Å². The van der Waals surface area contributed by atoms with Gasteiger partial charge >= 0.3 is 0 Å². The van der Waals surface area contributed by atoms with Gasteiger partial charge in [0.1, 0.15) is 0 Å². The number of aryl methyl sites for hydroxylation is 1. The second-order valence-electron chi connectivity index (χ2n) is 5.93. The van der Waals surface area contributed by atoms with Crippen LogP contribution in [0.25, 0.3) is 0 Å². The zero-order chi connectivity index (χ0) is 16.8. The van der Waals surface area contributed by atoms with Crippen molar-refractivity contribution in [3.63, 3.8) is 0 Å². The maximum Gasteiger partial charge on any atom is 0.191 e. The summed E-state index contributed by atoms with van der Waals surface area (Å²) in [6, 6.07) is 8.24. The molecule has 1 aromatic rings. The minimum Gasteiger partial charge on any atom is -0.355 e. The summed E-state index contributed by atoms with van der Waals surface area (Å²) < 4.78 is 22.6. The minimum atomic E-state index is -3.13. The van der Waals surface area contributed by atoms with Crippen LogP contribution in [0.5, 0.6) is 0 Å². The molecule has 0 spiro atoms. The van der Waals surface area contributed by atoms with Gasteiger partial charge in [0, 0.05) is 26.4 Å². The van der Waals surface area contributed by atoms with Crippen molar-refractivity contribution in [1.29, 1.82) is 0 Å². The summed E-state index contributed by atoms with van der Waals surface area (Å²) in [4.78, 5) is 4.14. The molecule has 0 aromatic heterocycles. The fourth-order valence-electron chi connectivity index (χ4n) is 1.90. The second kappa shape index (κ2) is 9.46. The van der Waals surface area contributed by atoms with Crippen molar-refractivity contribution in [3.05, 3.63) is 35.4 Å². The van der Waals surface area contributed by atoms with E-state index in [1.54, 1.807) is 20.9 Å². The van der Waals surface area contributed by atoms with E-state index in [2.05, 4.69) is 34.7 Å². The molecule has 0 saturated heterocycles. The molecule has 7 heteroatoms. The summed E-state index contributed by atoms with van der Waals surface area (Å²) in [6.07, 6.45) is 2.23. The number of hydrogen-bond donors (Lipinski definition) is 2. The Morgan fingerprint density at radius 1 is 1.17 bits per heavy atom. The van der Waals surface area contributed by atoms with E-state index in [-0.39, 0.29) is 24.0 Å². The van der Waals surface area contributed by atoms with Crippen LogP contribution >= 0.6 is 24.0 Å². The molecule has 0 heterocycles. The Kier molecular flexibility index (Phi) is 9.12. The molecule has 0 saturated carbocycles. The topological polar surface area (TPSA) is 70.6 Å². The van der Waals surface area contributed by atoms with E-state index < -0.39 is 14.6 Å². The van der Waals surface area contributed by atoms with Crippen LogP contribution in [0.2, 0.25) is 0 Å². The van der Waals surface area contributed by atoms with Gasteiger partial charge in [0.15, 0.2) is 15.8 Å². The molecule has 0 bridgehead atoms. The van der Waals surface area contributed by atoms with Gasteiger partial charge in [-0.05, 0) is 31.4 Å². The largest absolute Gasteiger partial charge is 0.355 e. The predicted molar refractivity (Wildman–Crippen MR) is 108 cm³/mol. The van der Waals surface area contributed by atoms with E-state index in [1.165, 1.54) is 17.4 Å². The quantitative estimate of drug-likeness (QED) is 0.394. The number of rotatable bonds is 6. The van der Waals surface area contributed by atoms with Crippen LogP contribution in [-0.2, 0) is 22.8 Å². The van der Waals surface area contributed by atoms with Gasteiger partial charge in [-0.25, -0.2) is 8.42 Å². The molecule has 0 aliphatic heterocycles. The first kappa shape index (κ1) is 22.2. The molecule has 1 aromatic carbocycles. The summed E-state index contributed by atoms with van der Waals surface area (Å²) in [5.41, 5.74) is 2.51. The molecule has 23 heavy (non-hydrogen) atoms. The Balaban J connectivity index is 0.00000484. The van der Waals surface area contributed by atoms with E-state index in [1.807, 2.05) is 12.1 Å². The first-order valence-electron chi connectivity index (χ1n) is 7.42. The van der Waals surface area contributed by atoms with Gasteiger partial charge in [-0.2, -0.15) is 0 Å². The van der Waals surface area contributed by atoms with Gasteiger partial charge in [-0.15, -0.1) is 24.0 Å². The Morgan fingerprint density at radius 2 is 1.74 bits per heavy atom. The van der Waals surface area contributed by atoms with E-state index in [9.17, 15) is 8.42 Å².